The summed E-state index contributed by atoms with van der Waals surface area (Å²) in [6.07, 6.45) is 27.0. The molecule has 0 aliphatic heterocycles. The quantitative estimate of drug-likeness (QED) is 0.0717. The maximum atomic E-state index is 13.2. The van der Waals surface area contributed by atoms with Crippen molar-refractivity contribution >= 4 is 23.5 Å². The first kappa shape index (κ1) is 39.2. The number of ketones is 2. The lowest BCUT2D eigenvalue weighted by Crippen LogP contribution is -2.60. The van der Waals surface area contributed by atoms with Gasteiger partial charge in [-0.2, -0.15) is 0 Å². The highest BCUT2D eigenvalue weighted by atomic mass is 16.5. The van der Waals surface area contributed by atoms with E-state index < -0.39 is 41.6 Å². The number of esters is 2. The fourth-order valence-corrected chi connectivity index (χ4v) is 9.33. The first-order valence-corrected chi connectivity index (χ1v) is 19.4. The second-order valence-corrected chi connectivity index (χ2v) is 15.3. The Labute approximate surface area is 294 Å². The maximum absolute atomic E-state index is 13.2. The van der Waals surface area contributed by atoms with Crippen molar-refractivity contribution in [1.29, 1.82) is 0 Å². The van der Waals surface area contributed by atoms with E-state index in [1.54, 1.807) is 12.2 Å². The van der Waals surface area contributed by atoms with E-state index in [-0.39, 0.29) is 48.6 Å². The molecule has 0 heterocycles. The average Bonchev–Trinajstić information content (AvgIpc) is 3.42. The molecule has 0 spiro atoms. The van der Waals surface area contributed by atoms with E-state index in [0.29, 0.717) is 19.4 Å². The highest BCUT2D eigenvalue weighted by molar-refractivity contribution is 6.01. The molecule has 4 rings (SSSR count). The van der Waals surface area contributed by atoms with Gasteiger partial charge in [0, 0.05) is 17.8 Å². The van der Waals surface area contributed by atoms with Gasteiger partial charge in [0.25, 0.3) is 0 Å². The Morgan fingerprint density at radius 3 is 2.20 bits per heavy atom. The molecule has 0 aromatic heterocycles. The molecule has 49 heavy (non-hydrogen) atoms. The van der Waals surface area contributed by atoms with Gasteiger partial charge in [-0.15, -0.1) is 0 Å². The van der Waals surface area contributed by atoms with Crippen molar-refractivity contribution in [3.8, 4) is 0 Å². The zero-order chi connectivity index (χ0) is 35.3. The number of aliphatic hydroxyl groups excluding tert-OH is 1. The third-order valence-electron chi connectivity index (χ3n) is 11.9. The van der Waals surface area contributed by atoms with E-state index in [9.17, 15) is 29.4 Å². The van der Waals surface area contributed by atoms with Gasteiger partial charge in [0.15, 0.2) is 11.6 Å². The van der Waals surface area contributed by atoms with Crippen LogP contribution in [0.25, 0.3) is 0 Å². The highest BCUT2D eigenvalue weighted by Crippen LogP contribution is 2.63. The van der Waals surface area contributed by atoms with Crippen molar-refractivity contribution < 1.29 is 38.9 Å². The molecule has 8 nitrogen and oxygen atoms in total. The van der Waals surface area contributed by atoms with Gasteiger partial charge in [0.2, 0.25) is 0 Å². The fraction of sp³-hybridized carbons (Fsp3) is 0.756. The van der Waals surface area contributed by atoms with E-state index in [1.165, 1.54) is 57.8 Å². The number of hydrogen-bond acceptors (Lipinski definition) is 8. The summed E-state index contributed by atoms with van der Waals surface area (Å²) in [4.78, 5) is 49.8. The summed E-state index contributed by atoms with van der Waals surface area (Å²) in [7, 11) is 0. The average molecular weight is 683 g/mol. The molecule has 4 aliphatic rings. The molecule has 3 fully saturated rings. The van der Waals surface area contributed by atoms with Gasteiger partial charge < -0.3 is 19.7 Å². The van der Waals surface area contributed by atoms with Crippen LogP contribution in [0.15, 0.2) is 36.0 Å². The van der Waals surface area contributed by atoms with Crippen LogP contribution in [0.4, 0.5) is 0 Å². The first-order valence-electron chi connectivity index (χ1n) is 19.4. The third-order valence-corrected chi connectivity index (χ3v) is 11.9. The molecule has 0 aromatic rings. The number of ether oxygens (including phenoxy) is 2. The zero-order valence-electron chi connectivity index (χ0n) is 30.2. The zero-order valence-corrected chi connectivity index (χ0v) is 30.2. The number of aliphatic hydroxyl groups is 2. The number of unbranched alkanes of at least 4 members (excludes halogenated alkanes) is 11. The Kier molecular flexibility index (Phi) is 15.3. The molecular weight excluding hydrogens is 620 g/mol. The molecule has 4 aliphatic carbocycles. The summed E-state index contributed by atoms with van der Waals surface area (Å²) >= 11 is 0. The Balaban J connectivity index is 1.05. The molecule has 3 unspecified atom stereocenters. The largest absolute Gasteiger partial charge is 0.466 e. The number of rotatable bonds is 21. The molecule has 274 valence electrons. The summed E-state index contributed by atoms with van der Waals surface area (Å²) in [5.41, 5.74) is -0.764. The predicted molar refractivity (Wildman–Crippen MR) is 189 cm³/mol. The van der Waals surface area contributed by atoms with Gasteiger partial charge in [0.05, 0.1) is 37.1 Å². The molecule has 0 radical (unpaired) electrons. The van der Waals surface area contributed by atoms with Gasteiger partial charge in [-0.3, -0.25) is 19.2 Å². The van der Waals surface area contributed by atoms with Crippen LogP contribution in [0.2, 0.25) is 0 Å². The molecular formula is C41H62O8. The number of fused-ring (bicyclic) bond motifs is 5. The van der Waals surface area contributed by atoms with Crippen LogP contribution in [0, 0.1) is 29.1 Å². The second kappa shape index (κ2) is 19.1. The van der Waals surface area contributed by atoms with E-state index in [2.05, 4.69) is 26.0 Å². The molecule has 7 atom stereocenters. The van der Waals surface area contributed by atoms with Gasteiger partial charge in [-0.05, 0) is 81.8 Å². The molecule has 3 saturated carbocycles. The van der Waals surface area contributed by atoms with Gasteiger partial charge in [-0.25, -0.2) is 0 Å². The Hall–Kier alpha value is -2.58. The van der Waals surface area contributed by atoms with Crippen molar-refractivity contribution in [3.63, 3.8) is 0 Å². The van der Waals surface area contributed by atoms with Crippen molar-refractivity contribution in [1.82, 2.24) is 0 Å². The minimum Gasteiger partial charge on any atom is -0.466 e. The second-order valence-electron chi connectivity index (χ2n) is 15.3. The van der Waals surface area contributed by atoms with Crippen LogP contribution in [-0.2, 0) is 28.7 Å². The van der Waals surface area contributed by atoms with Crippen molar-refractivity contribution in [2.75, 3.05) is 13.2 Å². The van der Waals surface area contributed by atoms with Crippen LogP contribution in [0.3, 0.4) is 0 Å². The Morgan fingerprint density at radius 1 is 0.878 bits per heavy atom. The first-order chi connectivity index (χ1) is 23.6. The SMILES string of the molecule is CCCCCCC/C=C\CCCCCCCCOC(=O)CCC(=O)OCC(=O)[C@H]1CCC2[C@@H]3CCC4=CC(=O)C=C[C@]4(C)C3C(O)C[C@@]21O. The highest BCUT2D eigenvalue weighted by Gasteiger charge is 2.64. The lowest BCUT2D eigenvalue weighted by atomic mass is 9.49. The van der Waals surface area contributed by atoms with Gasteiger partial charge in [-0.1, -0.05) is 89.0 Å². The smallest absolute Gasteiger partial charge is 0.306 e. The summed E-state index contributed by atoms with van der Waals surface area (Å²) in [5.74, 6) is -2.44. The topological polar surface area (TPSA) is 127 Å². The lowest BCUT2D eigenvalue weighted by Gasteiger charge is -2.57. The van der Waals surface area contributed by atoms with Crippen LogP contribution < -0.4 is 0 Å². The summed E-state index contributed by atoms with van der Waals surface area (Å²) < 4.78 is 10.5. The number of hydrogen-bond donors (Lipinski definition) is 2. The van der Waals surface area contributed by atoms with Crippen LogP contribution in [0.5, 0.6) is 0 Å². The van der Waals surface area contributed by atoms with Crippen molar-refractivity contribution in [2.45, 2.75) is 154 Å². The molecule has 0 bridgehead atoms. The number of allylic oxidation sites excluding steroid dienone is 6. The lowest BCUT2D eigenvalue weighted by molar-refractivity contribution is -0.175. The fourth-order valence-electron chi connectivity index (χ4n) is 9.33. The van der Waals surface area contributed by atoms with E-state index in [1.807, 2.05) is 6.08 Å². The summed E-state index contributed by atoms with van der Waals surface area (Å²) in [5, 5.41) is 23.2. The van der Waals surface area contributed by atoms with Crippen LogP contribution in [0.1, 0.15) is 142 Å². The number of Topliss-reactive ketones (excluding diaryl/α,β-unsaturated/α-hetero) is 1. The third kappa shape index (κ3) is 10.5. The molecule has 0 saturated heterocycles. The van der Waals surface area contributed by atoms with E-state index >= 15 is 0 Å². The minimum atomic E-state index is -1.36. The van der Waals surface area contributed by atoms with Crippen molar-refractivity contribution in [2.24, 2.45) is 29.1 Å². The summed E-state index contributed by atoms with van der Waals surface area (Å²) in [6.45, 7) is 4.20. The van der Waals surface area contributed by atoms with Gasteiger partial charge >= 0.3 is 11.9 Å². The van der Waals surface area contributed by atoms with Gasteiger partial charge in [0.1, 0.15) is 6.61 Å². The Bertz CT molecular complexity index is 1220. The predicted octanol–water partition coefficient (Wildman–Crippen LogP) is 7.69. The molecule has 2 N–H and O–H groups in total. The maximum Gasteiger partial charge on any atom is 0.306 e. The minimum absolute atomic E-state index is 0.0205. The monoisotopic (exact) mass is 682 g/mol. The van der Waals surface area contributed by atoms with Crippen LogP contribution >= 0.6 is 0 Å². The van der Waals surface area contributed by atoms with E-state index in [4.69, 9.17) is 9.47 Å². The van der Waals surface area contributed by atoms with Crippen LogP contribution in [-0.4, -0.2) is 58.6 Å². The standard InChI is InChI=1S/C41H62O8/c1-3-4-5-6-7-8-9-10-11-12-13-14-15-16-17-26-48-37(45)22-23-38(46)49-29-36(44)34-21-20-33-32-19-18-30-27-31(42)24-25-40(30,2)39(32)35(43)28-41(33,34)47/h9-10,24-25,27,32-35,39,43,47H,3-8,11-23,26,28-29H2,1-2H3/b10-9-/t32-,33?,34+,35?,39?,40-,41+/m0/s1. The molecule has 0 aromatic carbocycles. The van der Waals surface area contributed by atoms with E-state index in [0.717, 1.165) is 44.1 Å². The summed E-state index contributed by atoms with van der Waals surface area (Å²) in [6, 6.07) is 0. The normalized spacial score (nSPS) is 30.4. The molecule has 8 heteroatoms. The molecule has 0 amide bonds. The Morgan fingerprint density at radius 2 is 1.51 bits per heavy atom. The number of carbonyl (C=O) groups excluding carboxylic acids is 4. The van der Waals surface area contributed by atoms with Crippen molar-refractivity contribution in [3.05, 3.63) is 36.0 Å². The number of carbonyl (C=O) groups is 4.